The highest BCUT2D eigenvalue weighted by Gasteiger charge is 2.21. The monoisotopic (exact) mass is 484 g/mol. The number of fused-ring (bicyclic) bond motifs is 1. The Kier molecular flexibility index (Phi) is 9.22. The van der Waals surface area contributed by atoms with Crippen molar-refractivity contribution in [3.8, 4) is 0 Å². The Hall–Kier alpha value is -2.37. The minimum Gasteiger partial charge on any atom is -0.352 e. The van der Waals surface area contributed by atoms with Crippen LogP contribution in [-0.2, 0) is 28.7 Å². The van der Waals surface area contributed by atoms with Gasteiger partial charge in [0, 0.05) is 17.7 Å². The van der Waals surface area contributed by atoms with Crippen molar-refractivity contribution in [2.24, 2.45) is 5.92 Å². The molecule has 1 aliphatic heterocycles. The van der Waals surface area contributed by atoms with Crippen LogP contribution in [-0.4, -0.2) is 19.5 Å². The molecular weight excluding hydrogens is 449 g/mol. The lowest BCUT2D eigenvalue weighted by molar-refractivity contribution is -0.203. The van der Waals surface area contributed by atoms with E-state index in [9.17, 15) is 8.78 Å². The van der Waals surface area contributed by atoms with Gasteiger partial charge in [0.05, 0.1) is 13.2 Å². The van der Waals surface area contributed by atoms with Crippen LogP contribution >= 0.6 is 0 Å². The SMILES string of the molecule is CCCCCCC1COC(CCc2ccc3c(F)c(CCc4ccc(F)c(F)c4)ccc3c2)OC1. The van der Waals surface area contributed by atoms with E-state index in [1.807, 2.05) is 24.3 Å². The molecule has 0 saturated carbocycles. The topological polar surface area (TPSA) is 18.5 Å². The third kappa shape index (κ3) is 7.08. The van der Waals surface area contributed by atoms with Crippen LogP contribution in [0.15, 0.2) is 48.5 Å². The van der Waals surface area contributed by atoms with Crippen molar-refractivity contribution >= 4 is 10.8 Å². The van der Waals surface area contributed by atoms with Crippen molar-refractivity contribution < 1.29 is 22.6 Å². The molecule has 0 N–H and O–H groups in total. The van der Waals surface area contributed by atoms with E-state index in [0.29, 0.717) is 35.3 Å². The molecule has 0 aliphatic carbocycles. The molecule has 3 aromatic rings. The first-order valence-corrected chi connectivity index (χ1v) is 12.9. The summed E-state index contributed by atoms with van der Waals surface area (Å²) in [7, 11) is 0. The number of unbranched alkanes of at least 4 members (excludes halogenated alkanes) is 3. The maximum Gasteiger partial charge on any atom is 0.159 e. The smallest absolute Gasteiger partial charge is 0.159 e. The largest absolute Gasteiger partial charge is 0.352 e. The van der Waals surface area contributed by atoms with Crippen LogP contribution in [0.4, 0.5) is 13.2 Å². The van der Waals surface area contributed by atoms with Crippen molar-refractivity contribution in [1.29, 1.82) is 0 Å². The van der Waals surface area contributed by atoms with Crippen molar-refractivity contribution in [2.45, 2.75) is 71.0 Å². The molecule has 0 bridgehead atoms. The normalized spacial score (nSPS) is 18.3. The summed E-state index contributed by atoms with van der Waals surface area (Å²) in [5, 5.41) is 1.43. The average molecular weight is 485 g/mol. The second-order valence-corrected chi connectivity index (χ2v) is 9.69. The van der Waals surface area contributed by atoms with Crippen LogP contribution in [0.5, 0.6) is 0 Å². The number of rotatable bonds is 11. The molecule has 0 aromatic heterocycles. The lowest BCUT2D eigenvalue weighted by atomic mass is 9.98. The molecule has 5 heteroatoms. The Morgan fingerprint density at radius 3 is 2.29 bits per heavy atom. The summed E-state index contributed by atoms with van der Waals surface area (Å²) in [5.41, 5.74) is 2.34. The maximum absolute atomic E-state index is 15.1. The fourth-order valence-electron chi connectivity index (χ4n) is 4.77. The number of hydrogen-bond acceptors (Lipinski definition) is 2. The van der Waals surface area contributed by atoms with Crippen molar-refractivity contribution in [3.63, 3.8) is 0 Å². The fourth-order valence-corrected chi connectivity index (χ4v) is 4.77. The van der Waals surface area contributed by atoms with E-state index in [2.05, 4.69) is 6.92 Å². The Morgan fingerprint density at radius 1 is 0.743 bits per heavy atom. The van der Waals surface area contributed by atoms with Gasteiger partial charge < -0.3 is 9.47 Å². The van der Waals surface area contributed by atoms with Crippen LogP contribution in [0.25, 0.3) is 10.8 Å². The van der Waals surface area contributed by atoms with Crippen LogP contribution in [0, 0.1) is 23.4 Å². The van der Waals surface area contributed by atoms with Gasteiger partial charge in [-0.15, -0.1) is 0 Å². The summed E-state index contributed by atoms with van der Waals surface area (Å²) in [5.74, 6) is -1.49. The van der Waals surface area contributed by atoms with Gasteiger partial charge in [-0.2, -0.15) is 0 Å². The fraction of sp³-hybridized carbons (Fsp3) is 0.467. The average Bonchev–Trinajstić information content (AvgIpc) is 2.87. The summed E-state index contributed by atoms with van der Waals surface area (Å²) in [6.45, 7) is 3.77. The van der Waals surface area contributed by atoms with E-state index in [4.69, 9.17) is 9.47 Å². The minimum absolute atomic E-state index is 0.173. The van der Waals surface area contributed by atoms with E-state index in [-0.39, 0.29) is 12.1 Å². The molecule has 2 nitrogen and oxygen atoms in total. The molecule has 1 heterocycles. The first-order chi connectivity index (χ1) is 17.0. The van der Waals surface area contributed by atoms with Crippen molar-refractivity contribution in [3.05, 3.63) is 82.7 Å². The zero-order valence-electron chi connectivity index (χ0n) is 20.5. The second kappa shape index (κ2) is 12.5. The van der Waals surface area contributed by atoms with E-state index >= 15 is 4.39 Å². The lowest BCUT2D eigenvalue weighted by Crippen LogP contribution is -2.32. The number of hydrogen-bond donors (Lipinski definition) is 0. The summed E-state index contributed by atoms with van der Waals surface area (Å²) < 4.78 is 53.6. The molecular formula is C30H35F3O2. The maximum atomic E-state index is 15.1. The summed E-state index contributed by atoms with van der Waals surface area (Å²) >= 11 is 0. The third-order valence-corrected chi connectivity index (χ3v) is 6.94. The Bertz CT molecular complexity index is 1110. The predicted octanol–water partition coefficient (Wildman–Crippen LogP) is 7.93. The van der Waals surface area contributed by atoms with Crippen LogP contribution in [0.1, 0.15) is 62.1 Å². The Balaban J connectivity index is 1.28. The van der Waals surface area contributed by atoms with E-state index < -0.39 is 11.6 Å². The van der Waals surface area contributed by atoms with Crippen molar-refractivity contribution in [2.75, 3.05) is 13.2 Å². The number of ether oxygens (including phenoxy) is 2. The van der Waals surface area contributed by atoms with Crippen LogP contribution in [0.3, 0.4) is 0 Å². The molecule has 35 heavy (non-hydrogen) atoms. The number of aryl methyl sites for hydroxylation is 3. The van der Waals surface area contributed by atoms with Gasteiger partial charge in [-0.3, -0.25) is 0 Å². The molecule has 0 spiro atoms. The highest BCUT2D eigenvalue weighted by Crippen LogP contribution is 2.26. The minimum atomic E-state index is -0.875. The zero-order valence-corrected chi connectivity index (χ0v) is 20.5. The zero-order chi connectivity index (χ0) is 24.6. The van der Waals surface area contributed by atoms with Gasteiger partial charge in [0.15, 0.2) is 17.9 Å². The first-order valence-electron chi connectivity index (χ1n) is 12.9. The van der Waals surface area contributed by atoms with Gasteiger partial charge in [0.2, 0.25) is 0 Å². The molecule has 188 valence electrons. The van der Waals surface area contributed by atoms with Gasteiger partial charge in [-0.25, -0.2) is 13.2 Å². The quantitative estimate of drug-likeness (QED) is 0.257. The summed E-state index contributed by atoms with van der Waals surface area (Å²) in [4.78, 5) is 0. The molecule has 1 saturated heterocycles. The number of halogens is 3. The molecule has 3 aromatic carbocycles. The van der Waals surface area contributed by atoms with Gasteiger partial charge in [-0.05, 0) is 59.9 Å². The molecule has 0 unspecified atom stereocenters. The van der Waals surface area contributed by atoms with Crippen LogP contribution < -0.4 is 0 Å². The van der Waals surface area contributed by atoms with Gasteiger partial charge >= 0.3 is 0 Å². The first kappa shape index (κ1) is 25.7. The third-order valence-electron chi connectivity index (χ3n) is 6.94. The van der Waals surface area contributed by atoms with Gasteiger partial charge in [0.25, 0.3) is 0 Å². The number of benzene rings is 3. The summed E-state index contributed by atoms with van der Waals surface area (Å²) in [6, 6.07) is 13.4. The van der Waals surface area contributed by atoms with Crippen LogP contribution in [0.2, 0.25) is 0 Å². The van der Waals surface area contributed by atoms with Gasteiger partial charge in [0.1, 0.15) is 5.82 Å². The second-order valence-electron chi connectivity index (χ2n) is 9.69. The molecule has 0 radical (unpaired) electrons. The lowest BCUT2D eigenvalue weighted by Gasteiger charge is -2.29. The predicted molar refractivity (Wildman–Crippen MR) is 134 cm³/mol. The molecule has 0 atom stereocenters. The standard InChI is InChI=1S/C30H35F3O2/c1-2-3-4-5-6-23-19-34-29(35-20-23)16-10-21-8-14-26-25(17-21)13-12-24(30(26)33)11-7-22-9-15-27(31)28(32)18-22/h8-9,12-15,17-18,23,29H,2-7,10-11,16,19-20H2,1H3. The highest BCUT2D eigenvalue weighted by molar-refractivity contribution is 5.84. The van der Waals surface area contributed by atoms with Crippen molar-refractivity contribution in [1.82, 2.24) is 0 Å². The summed E-state index contributed by atoms with van der Waals surface area (Å²) in [6.07, 6.45) is 8.53. The Morgan fingerprint density at radius 2 is 1.51 bits per heavy atom. The molecule has 4 rings (SSSR count). The van der Waals surface area contributed by atoms with E-state index in [1.165, 1.54) is 44.2 Å². The Labute approximate surface area is 206 Å². The van der Waals surface area contributed by atoms with E-state index in [1.54, 1.807) is 6.07 Å². The molecule has 1 fully saturated rings. The highest BCUT2D eigenvalue weighted by atomic mass is 19.2. The van der Waals surface area contributed by atoms with E-state index in [0.717, 1.165) is 43.1 Å². The van der Waals surface area contributed by atoms with Gasteiger partial charge in [-0.1, -0.05) is 69.0 Å². The molecule has 1 aliphatic rings. The molecule has 0 amide bonds.